The van der Waals surface area contributed by atoms with Crippen LogP contribution in [0.15, 0.2) is 24.3 Å². The largest absolute Gasteiger partial charge is 0.369 e. The first-order chi connectivity index (χ1) is 11.7. The van der Waals surface area contributed by atoms with Gasteiger partial charge in [-0.1, -0.05) is 30.4 Å². The molecule has 1 amide bonds. The standard InChI is InChI=1S/C17H21FN4OS/c1-2-5-15-20-21-17(24-15)19-16(23)12-8-10-22(11-9-12)14-7-4-3-6-13(14)18/h3-4,6-7,12H,2,5,8-11H2,1H3,(H,19,21,23). The maximum absolute atomic E-state index is 13.8. The number of aryl methyl sites for hydroxylation is 1. The van der Waals surface area contributed by atoms with Crippen molar-refractivity contribution in [2.24, 2.45) is 5.92 Å². The van der Waals surface area contributed by atoms with E-state index in [9.17, 15) is 9.18 Å². The van der Waals surface area contributed by atoms with Gasteiger partial charge in [0.05, 0.1) is 5.69 Å². The monoisotopic (exact) mass is 348 g/mol. The van der Waals surface area contributed by atoms with Gasteiger partial charge in [-0.2, -0.15) is 0 Å². The van der Waals surface area contributed by atoms with Gasteiger partial charge in [-0.05, 0) is 31.4 Å². The Hall–Kier alpha value is -2.02. The summed E-state index contributed by atoms with van der Waals surface area (Å²) in [4.78, 5) is 14.4. The molecule has 0 saturated carbocycles. The second kappa shape index (κ2) is 7.70. The van der Waals surface area contributed by atoms with Gasteiger partial charge < -0.3 is 10.2 Å². The summed E-state index contributed by atoms with van der Waals surface area (Å²) < 4.78 is 13.8. The molecule has 128 valence electrons. The van der Waals surface area contributed by atoms with Crippen molar-refractivity contribution in [3.8, 4) is 0 Å². The smallest absolute Gasteiger partial charge is 0.229 e. The quantitative estimate of drug-likeness (QED) is 0.899. The minimum Gasteiger partial charge on any atom is -0.369 e. The second-order valence-corrected chi connectivity index (χ2v) is 7.02. The molecule has 0 bridgehead atoms. The highest BCUT2D eigenvalue weighted by atomic mass is 32.1. The molecular weight excluding hydrogens is 327 g/mol. The van der Waals surface area contributed by atoms with Gasteiger partial charge >= 0.3 is 0 Å². The maximum atomic E-state index is 13.8. The topological polar surface area (TPSA) is 58.1 Å². The number of halogens is 1. The fraction of sp³-hybridized carbons (Fsp3) is 0.471. The number of anilines is 2. The molecular formula is C17H21FN4OS. The molecule has 7 heteroatoms. The number of rotatable bonds is 5. The van der Waals surface area contributed by atoms with Crippen LogP contribution in [0.2, 0.25) is 0 Å². The number of nitrogens with zero attached hydrogens (tertiary/aromatic N) is 3. The summed E-state index contributed by atoms with van der Waals surface area (Å²) >= 11 is 1.43. The van der Waals surface area contributed by atoms with Crippen LogP contribution in [0.1, 0.15) is 31.2 Å². The highest BCUT2D eigenvalue weighted by molar-refractivity contribution is 7.15. The molecule has 3 rings (SSSR count). The van der Waals surface area contributed by atoms with E-state index in [0.29, 0.717) is 36.8 Å². The molecule has 1 aromatic carbocycles. The number of nitrogens with one attached hydrogen (secondary N) is 1. The van der Waals surface area contributed by atoms with Gasteiger partial charge in [0.2, 0.25) is 11.0 Å². The fourth-order valence-corrected chi connectivity index (χ4v) is 3.76. The molecule has 1 N–H and O–H groups in total. The van der Waals surface area contributed by atoms with E-state index in [-0.39, 0.29) is 17.6 Å². The molecule has 1 aliphatic heterocycles. The van der Waals surface area contributed by atoms with Crippen molar-refractivity contribution in [2.45, 2.75) is 32.6 Å². The van der Waals surface area contributed by atoms with Crippen LogP contribution in [0.4, 0.5) is 15.2 Å². The molecule has 0 aliphatic carbocycles. The van der Waals surface area contributed by atoms with Crippen molar-refractivity contribution in [1.29, 1.82) is 0 Å². The van der Waals surface area contributed by atoms with Gasteiger partial charge in [0.1, 0.15) is 10.8 Å². The summed E-state index contributed by atoms with van der Waals surface area (Å²) in [6, 6.07) is 6.78. The third-order valence-electron chi connectivity index (χ3n) is 4.22. The zero-order chi connectivity index (χ0) is 16.9. The molecule has 1 aromatic heterocycles. The Morgan fingerprint density at radius 3 is 2.79 bits per heavy atom. The van der Waals surface area contributed by atoms with Gasteiger partial charge in [-0.3, -0.25) is 4.79 Å². The minimum atomic E-state index is -0.210. The molecule has 1 saturated heterocycles. The molecule has 5 nitrogen and oxygen atoms in total. The Kier molecular flexibility index (Phi) is 5.40. The van der Waals surface area contributed by atoms with E-state index in [2.05, 4.69) is 22.4 Å². The Morgan fingerprint density at radius 2 is 2.08 bits per heavy atom. The van der Waals surface area contributed by atoms with Crippen molar-refractivity contribution in [1.82, 2.24) is 10.2 Å². The van der Waals surface area contributed by atoms with E-state index in [4.69, 9.17) is 0 Å². The molecule has 0 radical (unpaired) electrons. The van der Waals surface area contributed by atoms with Crippen LogP contribution < -0.4 is 10.2 Å². The summed E-state index contributed by atoms with van der Waals surface area (Å²) in [5, 5.41) is 12.5. The van der Waals surface area contributed by atoms with Gasteiger partial charge in [-0.25, -0.2) is 4.39 Å². The van der Waals surface area contributed by atoms with Crippen LogP contribution in [0.3, 0.4) is 0 Å². The number of para-hydroxylation sites is 1. The minimum absolute atomic E-state index is 0.0117. The highest BCUT2D eigenvalue weighted by Crippen LogP contribution is 2.26. The van der Waals surface area contributed by atoms with Crippen molar-refractivity contribution in [3.63, 3.8) is 0 Å². The number of hydrogen-bond acceptors (Lipinski definition) is 5. The molecule has 0 atom stereocenters. The van der Waals surface area contributed by atoms with Crippen molar-refractivity contribution in [3.05, 3.63) is 35.1 Å². The van der Waals surface area contributed by atoms with Gasteiger partial charge in [-0.15, -0.1) is 10.2 Å². The number of aromatic nitrogens is 2. The Bertz CT molecular complexity index is 697. The Labute approximate surface area is 144 Å². The van der Waals surface area contributed by atoms with E-state index < -0.39 is 0 Å². The van der Waals surface area contributed by atoms with E-state index in [0.717, 1.165) is 17.8 Å². The van der Waals surface area contributed by atoms with Crippen molar-refractivity contribution in [2.75, 3.05) is 23.3 Å². The number of amides is 1. The highest BCUT2D eigenvalue weighted by Gasteiger charge is 2.26. The lowest BCUT2D eigenvalue weighted by Gasteiger charge is -2.33. The van der Waals surface area contributed by atoms with E-state index >= 15 is 0 Å². The SMILES string of the molecule is CCCc1nnc(NC(=O)C2CCN(c3ccccc3F)CC2)s1. The summed E-state index contributed by atoms with van der Waals surface area (Å²) in [5.74, 6) is -0.286. The molecule has 1 aliphatic rings. The molecule has 0 spiro atoms. The summed E-state index contributed by atoms with van der Waals surface area (Å²) in [7, 11) is 0. The predicted molar refractivity (Wildman–Crippen MR) is 93.9 cm³/mol. The zero-order valence-corrected chi connectivity index (χ0v) is 14.5. The van der Waals surface area contributed by atoms with Crippen LogP contribution in [0.25, 0.3) is 0 Å². The first-order valence-electron chi connectivity index (χ1n) is 8.30. The van der Waals surface area contributed by atoms with Crippen LogP contribution in [0, 0.1) is 11.7 Å². The first-order valence-corrected chi connectivity index (χ1v) is 9.11. The van der Waals surface area contributed by atoms with Crippen LogP contribution >= 0.6 is 11.3 Å². The van der Waals surface area contributed by atoms with Crippen LogP contribution in [0.5, 0.6) is 0 Å². The number of benzene rings is 1. The summed E-state index contributed by atoms with van der Waals surface area (Å²) in [6.07, 6.45) is 3.31. The first kappa shape index (κ1) is 16.8. The lowest BCUT2D eigenvalue weighted by Crippen LogP contribution is -2.38. The molecule has 2 heterocycles. The number of carbonyl (C=O) groups excluding carboxylic acids is 1. The van der Waals surface area contributed by atoms with Crippen molar-refractivity contribution >= 4 is 28.1 Å². The molecule has 1 fully saturated rings. The number of piperidine rings is 1. The average molecular weight is 348 g/mol. The molecule has 2 aromatic rings. The maximum Gasteiger partial charge on any atom is 0.229 e. The number of carbonyl (C=O) groups is 1. The third kappa shape index (κ3) is 3.90. The molecule has 0 unspecified atom stereocenters. The Balaban J connectivity index is 1.54. The van der Waals surface area contributed by atoms with Crippen molar-refractivity contribution < 1.29 is 9.18 Å². The normalized spacial score (nSPS) is 15.5. The van der Waals surface area contributed by atoms with Crippen LogP contribution in [-0.4, -0.2) is 29.2 Å². The lowest BCUT2D eigenvalue weighted by atomic mass is 9.95. The predicted octanol–water partition coefficient (Wildman–Crippen LogP) is 3.48. The van der Waals surface area contributed by atoms with Gasteiger partial charge in [0.25, 0.3) is 0 Å². The zero-order valence-electron chi connectivity index (χ0n) is 13.7. The van der Waals surface area contributed by atoms with E-state index in [1.807, 2.05) is 11.0 Å². The van der Waals surface area contributed by atoms with E-state index in [1.165, 1.54) is 17.4 Å². The van der Waals surface area contributed by atoms with Gasteiger partial charge in [0, 0.05) is 25.4 Å². The number of hydrogen-bond donors (Lipinski definition) is 1. The average Bonchev–Trinajstić information content (AvgIpc) is 3.03. The summed E-state index contributed by atoms with van der Waals surface area (Å²) in [6.45, 7) is 3.44. The van der Waals surface area contributed by atoms with Crippen LogP contribution in [-0.2, 0) is 11.2 Å². The van der Waals surface area contributed by atoms with E-state index in [1.54, 1.807) is 12.1 Å². The lowest BCUT2D eigenvalue weighted by molar-refractivity contribution is -0.120. The molecule has 24 heavy (non-hydrogen) atoms. The van der Waals surface area contributed by atoms with Gasteiger partial charge in [0.15, 0.2) is 0 Å². The Morgan fingerprint density at radius 1 is 1.33 bits per heavy atom. The second-order valence-electron chi connectivity index (χ2n) is 5.95. The fourth-order valence-electron chi connectivity index (χ4n) is 2.92. The third-order valence-corrected chi connectivity index (χ3v) is 5.12. The summed E-state index contributed by atoms with van der Waals surface area (Å²) in [5.41, 5.74) is 0.615.